The van der Waals surface area contributed by atoms with Crippen LogP contribution in [-0.2, 0) is 10.2 Å². The van der Waals surface area contributed by atoms with E-state index in [0.29, 0.717) is 5.82 Å². The van der Waals surface area contributed by atoms with Crippen LogP contribution in [-0.4, -0.2) is 22.5 Å². The SMILES string of the molecule is CC1(C)NC(=O)N(c2ccc(C(C)(C)C)cn2)C1=O. The van der Waals surface area contributed by atoms with E-state index >= 15 is 0 Å². The van der Waals surface area contributed by atoms with Crippen LogP contribution in [0.5, 0.6) is 0 Å². The number of carbonyl (C=O) groups excluding carboxylic acids is 2. The Labute approximate surface area is 113 Å². The van der Waals surface area contributed by atoms with E-state index in [-0.39, 0.29) is 11.3 Å². The summed E-state index contributed by atoms with van der Waals surface area (Å²) in [6, 6.07) is 3.18. The average molecular weight is 261 g/mol. The summed E-state index contributed by atoms with van der Waals surface area (Å²) in [5, 5.41) is 2.63. The molecule has 2 rings (SSSR count). The molecule has 5 nitrogen and oxygen atoms in total. The Morgan fingerprint density at radius 1 is 1.21 bits per heavy atom. The molecular formula is C14H19N3O2. The smallest absolute Gasteiger partial charge is 0.323 e. The zero-order valence-electron chi connectivity index (χ0n) is 11.9. The van der Waals surface area contributed by atoms with Gasteiger partial charge in [0.25, 0.3) is 5.91 Å². The highest BCUT2D eigenvalue weighted by Gasteiger charge is 2.45. The van der Waals surface area contributed by atoms with E-state index < -0.39 is 11.6 Å². The number of hydrogen-bond acceptors (Lipinski definition) is 3. The summed E-state index contributed by atoms with van der Waals surface area (Å²) in [6.07, 6.45) is 1.71. The van der Waals surface area contributed by atoms with Crippen molar-refractivity contribution < 1.29 is 9.59 Å². The molecule has 0 aromatic carbocycles. The topological polar surface area (TPSA) is 62.3 Å². The molecule has 0 unspecified atom stereocenters. The van der Waals surface area contributed by atoms with Crippen molar-refractivity contribution in [1.82, 2.24) is 10.3 Å². The van der Waals surface area contributed by atoms with Gasteiger partial charge < -0.3 is 5.32 Å². The monoisotopic (exact) mass is 261 g/mol. The highest BCUT2D eigenvalue weighted by atomic mass is 16.2. The van der Waals surface area contributed by atoms with Crippen molar-refractivity contribution in [3.8, 4) is 0 Å². The summed E-state index contributed by atoms with van der Waals surface area (Å²) in [7, 11) is 0. The summed E-state index contributed by atoms with van der Waals surface area (Å²) < 4.78 is 0. The van der Waals surface area contributed by atoms with Crippen molar-refractivity contribution in [1.29, 1.82) is 0 Å². The van der Waals surface area contributed by atoms with Gasteiger partial charge in [-0.3, -0.25) is 4.79 Å². The lowest BCUT2D eigenvalue weighted by Gasteiger charge is -2.20. The van der Waals surface area contributed by atoms with Gasteiger partial charge in [0.15, 0.2) is 0 Å². The van der Waals surface area contributed by atoms with Crippen molar-refractivity contribution >= 4 is 17.8 Å². The molecule has 1 aliphatic heterocycles. The molecule has 1 saturated heterocycles. The minimum Gasteiger partial charge on any atom is -0.323 e. The standard InChI is InChI=1S/C14H19N3O2/c1-13(2,3)9-6-7-10(15-8-9)17-11(18)14(4,5)16-12(17)19/h6-8H,1-5H3,(H,16,19). The summed E-state index contributed by atoms with van der Waals surface area (Å²) in [5.41, 5.74) is 0.173. The zero-order valence-corrected chi connectivity index (χ0v) is 11.9. The Hall–Kier alpha value is -1.91. The molecule has 0 atom stereocenters. The van der Waals surface area contributed by atoms with E-state index in [1.807, 2.05) is 6.07 Å². The number of hydrogen-bond donors (Lipinski definition) is 1. The fraction of sp³-hybridized carbons (Fsp3) is 0.500. The number of urea groups is 1. The first-order valence-corrected chi connectivity index (χ1v) is 6.26. The first-order valence-electron chi connectivity index (χ1n) is 6.26. The van der Waals surface area contributed by atoms with Crippen LogP contribution in [0.4, 0.5) is 10.6 Å². The van der Waals surface area contributed by atoms with Gasteiger partial charge in [-0.05, 0) is 30.9 Å². The van der Waals surface area contributed by atoms with E-state index in [2.05, 4.69) is 31.1 Å². The van der Waals surface area contributed by atoms with Crippen LogP contribution in [0.3, 0.4) is 0 Å². The molecule has 1 N–H and O–H groups in total. The number of pyridine rings is 1. The summed E-state index contributed by atoms with van der Waals surface area (Å²) in [4.78, 5) is 29.3. The molecule has 0 bridgehead atoms. The molecule has 0 aliphatic carbocycles. The highest BCUT2D eigenvalue weighted by molar-refractivity contribution is 6.22. The number of carbonyl (C=O) groups is 2. The normalized spacial score (nSPS) is 18.7. The lowest BCUT2D eigenvalue weighted by molar-refractivity contribution is -0.121. The number of aromatic nitrogens is 1. The number of nitrogens with zero attached hydrogens (tertiary/aromatic N) is 2. The number of nitrogens with one attached hydrogen (secondary N) is 1. The first-order chi connectivity index (χ1) is 8.63. The molecule has 5 heteroatoms. The average Bonchev–Trinajstić information content (AvgIpc) is 2.47. The second-order valence-electron chi connectivity index (χ2n) is 6.35. The molecule has 1 aliphatic rings. The maximum Gasteiger partial charge on any atom is 0.330 e. The van der Waals surface area contributed by atoms with Gasteiger partial charge in [-0.2, -0.15) is 0 Å². The predicted octanol–water partition coefficient (Wildman–Crippen LogP) is 2.21. The lowest BCUT2D eigenvalue weighted by atomic mass is 9.88. The van der Waals surface area contributed by atoms with Gasteiger partial charge in [0, 0.05) is 6.20 Å². The van der Waals surface area contributed by atoms with Crippen LogP contribution in [0, 0.1) is 0 Å². The number of imide groups is 1. The maximum atomic E-state index is 12.1. The fourth-order valence-corrected chi connectivity index (χ4v) is 1.92. The molecule has 1 aromatic heterocycles. The maximum absolute atomic E-state index is 12.1. The van der Waals surface area contributed by atoms with Gasteiger partial charge in [0.1, 0.15) is 11.4 Å². The molecule has 0 radical (unpaired) electrons. The van der Waals surface area contributed by atoms with Crippen LogP contribution in [0.15, 0.2) is 18.3 Å². The summed E-state index contributed by atoms with van der Waals surface area (Å²) in [5.74, 6) is 0.0783. The summed E-state index contributed by atoms with van der Waals surface area (Å²) in [6.45, 7) is 9.61. The molecule has 1 aromatic rings. The molecule has 0 saturated carbocycles. The van der Waals surface area contributed by atoms with Gasteiger partial charge in [-0.15, -0.1) is 0 Å². The predicted molar refractivity (Wildman–Crippen MR) is 73.0 cm³/mol. The van der Waals surface area contributed by atoms with E-state index in [4.69, 9.17) is 0 Å². The third-order valence-corrected chi connectivity index (χ3v) is 3.20. The van der Waals surface area contributed by atoms with Crippen LogP contribution in [0.1, 0.15) is 40.2 Å². The minimum absolute atomic E-state index is 0.0118. The Bertz CT molecular complexity index is 527. The Kier molecular flexibility index (Phi) is 2.88. The van der Waals surface area contributed by atoms with Crippen molar-refractivity contribution in [3.63, 3.8) is 0 Å². The zero-order chi connectivity index (χ0) is 14.4. The number of amides is 3. The van der Waals surface area contributed by atoms with E-state index in [1.54, 1.807) is 26.1 Å². The lowest BCUT2D eigenvalue weighted by Crippen LogP contribution is -2.40. The molecule has 19 heavy (non-hydrogen) atoms. The Morgan fingerprint density at radius 2 is 1.84 bits per heavy atom. The third kappa shape index (κ3) is 2.32. The van der Waals surface area contributed by atoms with Crippen molar-refractivity contribution in [2.45, 2.75) is 45.6 Å². The Morgan fingerprint density at radius 3 is 2.21 bits per heavy atom. The van der Waals surface area contributed by atoms with Gasteiger partial charge in [-0.1, -0.05) is 26.8 Å². The van der Waals surface area contributed by atoms with Crippen molar-refractivity contribution in [2.75, 3.05) is 4.90 Å². The highest BCUT2D eigenvalue weighted by Crippen LogP contribution is 2.26. The second kappa shape index (κ2) is 4.05. The third-order valence-electron chi connectivity index (χ3n) is 3.20. The van der Waals surface area contributed by atoms with E-state index in [9.17, 15) is 9.59 Å². The molecule has 3 amide bonds. The minimum atomic E-state index is -0.874. The first kappa shape index (κ1) is 13.5. The largest absolute Gasteiger partial charge is 0.330 e. The van der Waals surface area contributed by atoms with Crippen LogP contribution >= 0.6 is 0 Å². The van der Waals surface area contributed by atoms with Gasteiger partial charge in [0.05, 0.1) is 0 Å². The quantitative estimate of drug-likeness (QED) is 0.788. The molecule has 1 fully saturated rings. The van der Waals surface area contributed by atoms with Crippen molar-refractivity contribution in [3.05, 3.63) is 23.9 Å². The number of rotatable bonds is 1. The van der Waals surface area contributed by atoms with Crippen molar-refractivity contribution in [2.24, 2.45) is 0 Å². The van der Waals surface area contributed by atoms with Gasteiger partial charge in [0.2, 0.25) is 0 Å². The second-order valence-corrected chi connectivity index (χ2v) is 6.35. The molecule has 102 valence electrons. The van der Waals surface area contributed by atoms with E-state index in [1.165, 1.54) is 0 Å². The number of anilines is 1. The van der Waals surface area contributed by atoms with Crippen LogP contribution in [0.25, 0.3) is 0 Å². The van der Waals surface area contributed by atoms with Gasteiger partial charge in [-0.25, -0.2) is 14.7 Å². The van der Waals surface area contributed by atoms with E-state index in [0.717, 1.165) is 10.5 Å². The fourth-order valence-electron chi connectivity index (χ4n) is 1.92. The summed E-state index contributed by atoms with van der Waals surface area (Å²) >= 11 is 0. The molecule has 0 spiro atoms. The molecular weight excluding hydrogens is 242 g/mol. The Balaban J connectivity index is 2.34. The van der Waals surface area contributed by atoms with Gasteiger partial charge >= 0.3 is 6.03 Å². The van der Waals surface area contributed by atoms with Crippen LogP contribution < -0.4 is 10.2 Å². The molecule has 2 heterocycles. The van der Waals surface area contributed by atoms with Crippen LogP contribution in [0.2, 0.25) is 0 Å².